The Morgan fingerprint density at radius 3 is 1.69 bits per heavy atom. The minimum atomic E-state index is -2.25. The molecule has 0 unspecified atom stereocenters. The van der Waals surface area contributed by atoms with Crippen LogP contribution in [-0.4, -0.2) is 21.4 Å². The molecule has 10 heteroatoms. The van der Waals surface area contributed by atoms with Gasteiger partial charge >= 0.3 is 0 Å². The molecule has 3 aromatic carbocycles. The SMILES string of the molecule is Fc1c(F)c(F)c(/C=N/Nc2nnc(-c3ccccc3)c(-c3ccccc3)n2)c(F)c1F. The predicted molar refractivity (Wildman–Crippen MR) is 108 cm³/mol. The van der Waals surface area contributed by atoms with Gasteiger partial charge in [0, 0.05) is 11.1 Å². The molecule has 0 amide bonds. The second-order valence-electron chi connectivity index (χ2n) is 6.42. The number of halogens is 5. The minimum absolute atomic E-state index is 0.149. The van der Waals surface area contributed by atoms with Crippen molar-refractivity contribution in [2.24, 2.45) is 5.10 Å². The Balaban J connectivity index is 1.69. The van der Waals surface area contributed by atoms with Crippen LogP contribution in [0.5, 0.6) is 0 Å². The number of benzene rings is 3. The average Bonchev–Trinajstić information content (AvgIpc) is 2.84. The second-order valence-corrected chi connectivity index (χ2v) is 6.42. The van der Waals surface area contributed by atoms with Gasteiger partial charge in [0.15, 0.2) is 23.3 Å². The monoisotopic (exact) mass is 441 g/mol. The molecule has 0 fully saturated rings. The number of nitrogens with zero attached hydrogens (tertiary/aromatic N) is 4. The number of hydrogen-bond donors (Lipinski definition) is 1. The van der Waals surface area contributed by atoms with Crippen molar-refractivity contribution in [1.82, 2.24) is 15.2 Å². The standard InChI is InChI=1S/C22H12F5N5/c23-15-14(16(24)18(26)19(27)17(15)25)11-28-31-22-29-20(12-7-3-1-4-8-12)21(30-32-22)13-9-5-2-6-10-13/h1-11H,(H,29,31,32)/b28-11+. The Bertz CT molecular complexity index is 1270. The Labute approximate surface area is 178 Å². The van der Waals surface area contributed by atoms with Crippen molar-refractivity contribution in [3.05, 3.63) is 95.3 Å². The van der Waals surface area contributed by atoms with Crippen LogP contribution in [0.1, 0.15) is 5.56 Å². The molecule has 0 radical (unpaired) electrons. The van der Waals surface area contributed by atoms with E-state index in [0.717, 1.165) is 5.56 Å². The minimum Gasteiger partial charge on any atom is -0.244 e. The summed E-state index contributed by atoms with van der Waals surface area (Å²) in [5.41, 5.74) is 3.49. The van der Waals surface area contributed by atoms with Crippen LogP contribution in [0, 0.1) is 29.1 Å². The largest absolute Gasteiger partial charge is 0.263 e. The number of nitrogens with one attached hydrogen (secondary N) is 1. The molecule has 0 saturated carbocycles. The first-order chi connectivity index (χ1) is 15.5. The summed E-state index contributed by atoms with van der Waals surface area (Å²) >= 11 is 0. The molecule has 0 aliphatic carbocycles. The van der Waals surface area contributed by atoms with E-state index in [2.05, 4.69) is 25.7 Å². The highest BCUT2D eigenvalue weighted by molar-refractivity contribution is 5.81. The van der Waals surface area contributed by atoms with E-state index in [1.165, 1.54) is 0 Å². The molecular weight excluding hydrogens is 429 g/mol. The predicted octanol–water partition coefficient (Wildman–Crippen LogP) is 5.35. The maximum atomic E-state index is 13.8. The zero-order valence-corrected chi connectivity index (χ0v) is 16.0. The first-order valence-corrected chi connectivity index (χ1v) is 9.13. The Kier molecular flexibility index (Phi) is 5.84. The van der Waals surface area contributed by atoms with Crippen molar-refractivity contribution in [3.63, 3.8) is 0 Å². The molecule has 1 aromatic heterocycles. The normalized spacial score (nSPS) is 11.2. The van der Waals surface area contributed by atoms with Gasteiger partial charge < -0.3 is 0 Å². The topological polar surface area (TPSA) is 63.1 Å². The number of hydrogen-bond acceptors (Lipinski definition) is 5. The average molecular weight is 441 g/mol. The van der Waals surface area contributed by atoms with Crippen LogP contribution in [-0.2, 0) is 0 Å². The third-order valence-electron chi connectivity index (χ3n) is 4.38. The van der Waals surface area contributed by atoms with Crippen LogP contribution in [0.25, 0.3) is 22.5 Å². The van der Waals surface area contributed by atoms with Gasteiger partial charge in [-0.2, -0.15) is 5.10 Å². The smallest absolute Gasteiger partial charge is 0.244 e. The lowest BCUT2D eigenvalue weighted by molar-refractivity contribution is 0.377. The summed E-state index contributed by atoms with van der Waals surface area (Å²) in [5.74, 6) is -10.5. The van der Waals surface area contributed by atoms with E-state index in [1.54, 1.807) is 24.3 Å². The van der Waals surface area contributed by atoms with Crippen molar-refractivity contribution >= 4 is 12.2 Å². The third kappa shape index (κ3) is 4.02. The van der Waals surface area contributed by atoms with Gasteiger partial charge in [-0.1, -0.05) is 60.7 Å². The van der Waals surface area contributed by atoms with E-state index in [4.69, 9.17) is 0 Å². The van der Waals surface area contributed by atoms with Crippen molar-refractivity contribution in [1.29, 1.82) is 0 Å². The Hall–Kier alpha value is -4.21. The van der Waals surface area contributed by atoms with E-state index in [9.17, 15) is 22.0 Å². The van der Waals surface area contributed by atoms with Gasteiger partial charge in [-0.25, -0.2) is 32.4 Å². The maximum Gasteiger partial charge on any atom is 0.263 e. The highest BCUT2D eigenvalue weighted by Crippen LogP contribution is 2.28. The first kappa shape index (κ1) is 21.0. The van der Waals surface area contributed by atoms with Gasteiger partial charge in [-0.3, -0.25) is 0 Å². The second kappa shape index (κ2) is 8.88. The number of aromatic nitrogens is 3. The lowest BCUT2D eigenvalue weighted by Crippen LogP contribution is -2.08. The molecule has 4 aromatic rings. The third-order valence-corrected chi connectivity index (χ3v) is 4.38. The molecule has 0 spiro atoms. The van der Waals surface area contributed by atoms with E-state index < -0.39 is 34.6 Å². The number of anilines is 1. The number of hydrazone groups is 1. The Morgan fingerprint density at radius 1 is 0.625 bits per heavy atom. The zero-order chi connectivity index (χ0) is 22.7. The van der Waals surface area contributed by atoms with Gasteiger partial charge in [0.25, 0.3) is 5.95 Å². The van der Waals surface area contributed by atoms with Crippen molar-refractivity contribution < 1.29 is 22.0 Å². The maximum absolute atomic E-state index is 13.8. The Morgan fingerprint density at radius 2 is 1.12 bits per heavy atom. The summed E-state index contributed by atoms with van der Waals surface area (Å²) in [4.78, 5) is 4.35. The van der Waals surface area contributed by atoms with E-state index in [-0.39, 0.29) is 5.95 Å². The summed E-state index contributed by atoms with van der Waals surface area (Å²) in [5, 5.41) is 11.6. The summed E-state index contributed by atoms with van der Waals surface area (Å²) in [6, 6.07) is 18.2. The molecule has 32 heavy (non-hydrogen) atoms. The van der Waals surface area contributed by atoms with Crippen LogP contribution in [0.4, 0.5) is 27.9 Å². The van der Waals surface area contributed by atoms with Crippen LogP contribution in [0.2, 0.25) is 0 Å². The molecule has 5 nitrogen and oxygen atoms in total. The van der Waals surface area contributed by atoms with Crippen molar-refractivity contribution in [2.75, 3.05) is 5.43 Å². The van der Waals surface area contributed by atoms with Gasteiger partial charge in [-0.15, -0.1) is 10.2 Å². The quantitative estimate of drug-likeness (QED) is 0.149. The summed E-state index contributed by atoms with van der Waals surface area (Å²) in [7, 11) is 0. The summed E-state index contributed by atoms with van der Waals surface area (Å²) < 4.78 is 67.3. The lowest BCUT2D eigenvalue weighted by Gasteiger charge is -2.09. The van der Waals surface area contributed by atoms with Crippen LogP contribution < -0.4 is 5.43 Å². The highest BCUT2D eigenvalue weighted by atomic mass is 19.2. The van der Waals surface area contributed by atoms with Gasteiger partial charge in [0.2, 0.25) is 5.82 Å². The molecule has 0 aliphatic rings. The number of rotatable bonds is 5. The van der Waals surface area contributed by atoms with Crippen LogP contribution in [0.15, 0.2) is 65.8 Å². The van der Waals surface area contributed by atoms with Crippen LogP contribution >= 0.6 is 0 Å². The molecule has 0 atom stereocenters. The summed E-state index contributed by atoms with van der Waals surface area (Å²) in [6.07, 6.45) is 0.451. The molecule has 0 saturated heterocycles. The fourth-order valence-corrected chi connectivity index (χ4v) is 2.85. The highest BCUT2D eigenvalue weighted by Gasteiger charge is 2.24. The lowest BCUT2D eigenvalue weighted by atomic mass is 10.0. The molecule has 160 valence electrons. The molecule has 0 bridgehead atoms. The summed E-state index contributed by atoms with van der Waals surface area (Å²) in [6.45, 7) is 0. The van der Waals surface area contributed by atoms with Gasteiger partial charge in [0.05, 0.1) is 11.8 Å². The van der Waals surface area contributed by atoms with Crippen molar-refractivity contribution in [2.45, 2.75) is 0 Å². The zero-order valence-electron chi connectivity index (χ0n) is 16.0. The van der Waals surface area contributed by atoms with Crippen molar-refractivity contribution in [3.8, 4) is 22.5 Å². The first-order valence-electron chi connectivity index (χ1n) is 9.13. The van der Waals surface area contributed by atoms with Gasteiger partial charge in [-0.05, 0) is 0 Å². The van der Waals surface area contributed by atoms with Gasteiger partial charge in [0.1, 0.15) is 11.4 Å². The van der Waals surface area contributed by atoms with E-state index in [0.29, 0.717) is 23.2 Å². The van der Waals surface area contributed by atoms with Crippen LogP contribution in [0.3, 0.4) is 0 Å². The molecule has 4 rings (SSSR count). The molecular formula is C22H12F5N5. The fourth-order valence-electron chi connectivity index (χ4n) is 2.85. The molecule has 1 heterocycles. The molecule has 0 aliphatic heterocycles. The molecule has 1 N–H and O–H groups in total. The van der Waals surface area contributed by atoms with E-state index in [1.807, 2.05) is 36.4 Å². The fraction of sp³-hybridized carbons (Fsp3) is 0. The van der Waals surface area contributed by atoms with E-state index >= 15 is 0 Å².